The molecule has 136 valence electrons. The maximum atomic E-state index is 12.8. The highest BCUT2D eigenvalue weighted by Gasteiger charge is 2.15. The van der Waals surface area contributed by atoms with Crippen LogP contribution in [0.3, 0.4) is 0 Å². The molecule has 1 N–H and O–H groups in total. The lowest BCUT2D eigenvalue weighted by Crippen LogP contribution is -2.27. The average Bonchev–Trinajstić information content (AvgIpc) is 3.05. The lowest BCUT2D eigenvalue weighted by molar-refractivity contribution is -0.116. The number of nitrogens with one attached hydrogen (secondary N) is 1. The Hall–Kier alpha value is -2.70. The molecule has 0 aliphatic rings. The Morgan fingerprint density at radius 2 is 2.07 bits per heavy atom. The first-order valence-corrected chi connectivity index (χ1v) is 9.71. The van der Waals surface area contributed by atoms with Gasteiger partial charge in [-0.05, 0) is 36.2 Å². The largest absolute Gasteiger partial charge is 0.325 e. The average molecular weight is 398 g/mol. The third kappa shape index (κ3) is 3.34. The predicted molar refractivity (Wildman–Crippen MR) is 111 cm³/mol. The van der Waals surface area contributed by atoms with Crippen LogP contribution in [0.5, 0.6) is 0 Å². The van der Waals surface area contributed by atoms with Gasteiger partial charge in [-0.25, -0.2) is 4.98 Å². The van der Waals surface area contributed by atoms with E-state index in [1.807, 2.05) is 36.4 Å². The van der Waals surface area contributed by atoms with Gasteiger partial charge in [0, 0.05) is 15.8 Å². The Bertz CT molecular complexity index is 1230. The molecule has 0 spiro atoms. The van der Waals surface area contributed by atoms with Crippen molar-refractivity contribution < 1.29 is 4.79 Å². The number of anilines is 1. The van der Waals surface area contributed by atoms with Gasteiger partial charge in [-0.2, -0.15) is 0 Å². The second-order valence-electron chi connectivity index (χ2n) is 6.17. The van der Waals surface area contributed by atoms with Gasteiger partial charge in [0.15, 0.2) is 0 Å². The Labute approximate surface area is 164 Å². The first-order valence-electron chi connectivity index (χ1n) is 8.51. The summed E-state index contributed by atoms with van der Waals surface area (Å²) in [6.07, 6.45) is 2.29. The van der Waals surface area contributed by atoms with Crippen LogP contribution in [-0.4, -0.2) is 15.5 Å². The van der Waals surface area contributed by atoms with E-state index in [0.29, 0.717) is 15.2 Å². The maximum absolute atomic E-state index is 12.8. The third-order valence-electron chi connectivity index (χ3n) is 4.35. The van der Waals surface area contributed by atoms with Crippen LogP contribution in [-0.2, 0) is 17.8 Å². The van der Waals surface area contributed by atoms with Crippen molar-refractivity contribution >= 4 is 54.8 Å². The second-order valence-corrected chi connectivity index (χ2v) is 7.63. The minimum Gasteiger partial charge on any atom is -0.325 e. The van der Waals surface area contributed by atoms with E-state index < -0.39 is 0 Å². The van der Waals surface area contributed by atoms with Gasteiger partial charge < -0.3 is 5.32 Å². The van der Waals surface area contributed by atoms with E-state index in [4.69, 9.17) is 11.6 Å². The molecule has 7 heteroatoms. The topological polar surface area (TPSA) is 64.0 Å². The minimum absolute atomic E-state index is 0.0971. The van der Waals surface area contributed by atoms with E-state index in [0.717, 1.165) is 27.8 Å². The van der Waals surface area contributed by atoms with Crippen LogP contribution < -0.4 is 10.9 Å². The van der Waals surface area contributed by atoms with E-state index in [2.05, 4.69) is 17.2 Å². The summed E-state index contributed by atoms with van der Waals surface area (Å²) < 4.78 is 2.73. The molecule has 4 rings (SSSR count). The van der Waals surface area contributed by atoms with Crippen LogP contribution in [0, 0.1) is 0 Å². The molecule has 0 fully saturated rings. The third-order valence-corrected chi connectivity index (χ3v) is 5.80. The molecule has 0 bridgehead atoms. The quantitative estimate of drug-likeness (QED) is 0.552. The molecular formula is C20H16ClN3O2S. The molecule has 0 aliphatic heterocycles. The smallest absolute Gasteiger partial charge is 0.271 e. The summed E-state index contributed by atoms with van der Waals surface area (Å²) in [7, 11) is 0. The molecule has 2 aromatic heterocycles. The number of aryl methyl sites for hydroxylation is 1. The second kappa shape index (κ2) is 7.13. The summed E-state index contributed by atoms with van der Waals surface area (Å²) >= 11 is 7.60. The number of carbonyl (C=O) groups is 1. The molecule has 2 heterocycles. The molecule has 0 saturated carbocycles. The molecule has 27 heavy (non-hydrogen) atoms. The van der Waals surface area contributed by atoms with Crippen LogP contribution >= 0.6 is 22.9 Å². The van der Waals surface area contributed by atoms with Gasteiger partial charge in [0.05, 0.1) is 16.9 Å². The van der Waals surface area contributed by atoms with Crippen molar-refractivity contribution in [3.8, 4) is 0 Å². The van der Waals surface area contributed by atoms with Crippen LogP contribution in [0.25, 0.3) is 20.3 Å². The molecule has 5 nitrogen and oxygen atoms in total. The Kier molecular flexibility index (Phi) is 4.68. The number of halogens is 1. The monoisotopic (exact) mass is 397 g/mol. The number of hydrogen-bond acceptors (Lipinski definition) is 4. The fourth-order valence-corrected chi connectivity index (χ4v) is 4.46. The SMILES string of the molecule is CCc1cccc(NC(=O)Cn2cnc3c(sc4cccc(Cl)c43)c2=O)c1. The first kappa shape index (κ1) is 17.7. The highest BCUT2D eigenvalue weighted by molar-refractivity contribution is 7.25. The molecule has 0 radical (unpaired) electrons. The Morgan fingerprint density at radius 3 is 2.89 bits per heavy atom. The number of rotatable bonds is 4. The van der Waals surface area contributed by atoms with Crippen LogP contribution in [0.1, 0.15) is 12.5 Å². The van der Waals surface area contributed by atoms with Crippen molar-refractivity contribution in [1.82, 2.24) is 9.55 Å². The lowest BCUT2D eigenvalue weighted by Gasteiger charge is -2.08. The Balaban J connectivity index is 1.65. The number of fused-ring (bicyclic) bond motifs is 3. The fourth-order valence-electron chi connectivity index (χ4n) is 3.01. The van der Waals surface area contributed by atoms with Gasteiger partial charge in [-0.1, -0.05) is 36.7 Å². The number of nitrogens with zero attached hydrogens (tertiary/aromatic N) is 2. The molecule has 0 aliphatic carbocycles. The molecule has 0 unspecified atom stereocenters. The highest BCUT2D eigenvalue weighted by atomic mass is 35.5. The Morgan fingerprint density at radius 1 is 1.26 bits per heavy atom. The van der Waals surface area contributed by atoms with E-state index in [1.54, 1.807) is 6.07 Å². The van der Waals surface area contributed by atoms with Crippen molar-refractivity contribution in [3.05, 3.63) is 69.7 Å². The normalized spacial score (nSPS) is 11.2. The standard InChI is InChI=1S/C20H16ClN3O2S/c1-2-12-5-3-6-13(9-12)23-16(25)10-24-11-22-18-17-14(21)7-4-8-15(17)27-19(18)20(24)26/h3-9,11H,2,10H2,1H3,(H,23,25). The summed E-state index contributed by atoms with van der Waals surface area (Å²) in [6, 6.07) is 13.2. The number of hydrogen-bond donors (Lipinski definition) is 1. The minimum atomic E-state index is -0.273. The molecule has 4 aromatic rings. The molecule has 2 aromatic carbocycles. The van der Waals surface area contributed by atoms with E-state index in [9.17, 15) is 9.59 Å². The summed E-state index contributed by atoms with van der Waals surface area (Å²) in [5.41, 5.74) is 2.19. The molecular weight excluding hydrogens is 382 g/mol. The number of amides is 1. The zero-order valence-electron chi connectivity index (χ0n) is 14.5. The van der Waals surface area contributed by atoms with Crippen LogP contribution in [0.2, 0.25) is 5.02 Å². The van der Waals surface area contributed by atoms with Crippen LogP contribution in [0.4, 0.5) is 5.69 Å². The number of carbonyl (C=O) groups excluding carboxylic acids is 1. The fraction of sp³-hybridized carbons (Fsp3) is 0.150. The zero-order valence-corrected chi connectivity index (χ0v) is 16.1. The van der Waals surface area contributed by atoms with Crippen LogP contribution in [0.15, 0.2) is 53.6 Å². The van der Waals surface area contributed by atoms with Gasteiger partial charge in [0.25, 0.3) is 5.56 Å². The van der Waals surface area contributed by atoms with Crippen molar-refractivity contribution in [2.24, 2.45) is 0 Å². The van der Waals surface area contributed by atoms with Crippen molar-refractivity contribution in [2.75, 3.05) is 5.32 Å². The van der Waals surface area contributed by atoms with Gasteiger partial charge in [0.2, 0.25) is 5.91 Å². The van der Waals surface area contributed by atoms with Gasteiger partial charge in [-0.3, -0.25) is 14.2 Å². The summed E-state index contributed by atoms with van der Waals surface area (Å²) in [5.74, 6) is -0.273. The maximum Gasteiger partial charge on any atom is 0.271 e. The summed E-state index contributed by atoms with van der Waals surface area (Å²) in [6.45, 7) is 1.96. The van der Waals surface area contributed by atoms with Gasteiger partial charge >= 0.3 is 0 Å². The van der Waals surface area contributed by atoms with Crippen molar-refractivity contribution in [3.63, 3.8) is 0 Å². The van der Waals surface area contributed by atoms with Crippen molar-refractivity contribution in [1.29, 1.82) is 0 Å². The predicted octanol–water partition coefficient (Wildman–Crippen LogP) is 4.47. The van der Waals surface area contributed by atoms with Gasteiger partial charge in [-0.15, -0.1) is 11.3 Å². The zero-order chi connectivity index (χ0) is 19.0. The van der Waals surface area contributed by atoms with Gasteiger partial charge in [0.1, 0.15) is 11.2 Å². The first-order chi connectivity index (χ1) is 13.1. The van der Waals surface area contributed by atoms with E-state index >= 15 is 0 Å². The van der Waals surface area contributed by atoms with Crippen molar-refractivity contribution in [2.45, 2.75) is 19.9 Å². The number of thiophene rings is 1. The summed E-state index contributed by atoms with van der Waals surface area (Å²) in [4.78, 5) is 29.6. The highest BCUT2D eigenvalue weighted by Crippen LogP contribution is 2.34. The van der Waals surface area contributed by atoms with E-state index in [1.165, 1.54) is 22.2 Å². The molecule has 0 atom stereocenters. The summed E-state index contributed by atoms with van der Waals surface area (Å²) in [5, 5.41) is 4.18. The molecule has 1 amide bonds. The lowest BCUT2D eigenvalue weighted by atomic mass is 10.1. The molecule has 0 saturated heterocycles. The van der Waals surface area contributed by atoms with E-state index in [-0.39, 0.29) is 18.0 Å². The number of aromatic nitrogens is 2. The number of benzene rings is 2.